The molecule has 1 aromatic rings. The number of benzene rings is 1. The van der Waals surface area contributed by atoms with Crippen molar-refractivity contribution in [3.8, 4) is 6.07 Å². The van der Waals surface area contributed by atoms with E-state index < -0.39 is 11.9 Å². The van der Waals surface area contributed by atoms with Crippen molar-refractivity contribution in [2.24, 2.45) is 11.8 Å². The zero-order chi connectivity index (χ0) is 19.6. The van der Waals surface area contributed by atoms with Gasteiger partial charge >= 0.3 is 11.9 Å². The van der Waals surface area contributed by atoms with Crippen molar-refractivity contribution in [3.05, 3.63) is 29.8 Å². The zero-order valence-corrected chi connectivity index (χ0v) is 15.4. The first-order valence-electron chi connectivity index (χ1n) is 9.42. The van der Waals surface area contributed by atoms with E-state index in [2.05, 4.69) is 16.3 Å². The minimum absolute atomic E-state index is 0.722. The number of aliphatic carboxylic acids is 2. The van der Waals surface area contributed by atoms with E-state index in [-0.39, 0.29) is 0 Å². The van der Waals surface area contributed by atoms with E-state index in [9.17, 15) is 0 Å². The molecule has 0 aromatic heterocycles. The van der Waals surface area contributed by atoms with Crippen LogP contribution in [0, 0.1) is 23.2 Å². The Kier molecular flexibility index (Phi) is 8.08. The molecule has 0 spiro atoms. The van der Waals surface area contributed by atoms with Crippen molar-refractivity contribution in [1.29, 1.82) is 5.26 Å². The molecule has 3 N–H and O–H groups in total. The van der Waals surface area contributed by atoms with Crippen molar-refractivity contribution >= 4 is 17.6 Å². The fraction of sp³-hybridized carbons (Fsp3) is 0.550. The molecule has 2 atom stereocenters. The molecule has 7 nitrogen and oxygen atoms in total. The van der Waals surface area contributed by atoms with Crippen LogP contribution in [0.25, 0.3) is 0 Å². The highest BCUT2D eigenvalue weighted by Crippen LogP contribution is 2.37. The molecule has 146 valence electrons. The fourth-order valence-corrected chi connectivity index (χ4v) is 3.87. The minimum Gasteiger partial charge on any atom is -0.473 e. The Balaban J connectivity index is 0.000000380. The van der Waals surface area contributed by atoms with Crippen molar-refractivity contribution in [2.75, 3.05) is 31.5 Å². The van der Waals surface area contributed by atoms with Gasteiger partial charge in [-0.05, 0) is 68.3 Å². The van der Waals surface area contributed by atoms with Gasteiger partial charge in [0, 0.05) is 25.3 Å². The molecule has 1 aromatic carbocycles. The van der Waals surface area contributed by atoms with E-state index in [1.807, 2.05) is 24.3 Å². The molecule has 1 saturated carbocycles. The number of rotatable bonds is 6. The summed E-state index contributed by atoms with van der Waals surface area (Å²) in [7, 11) is 0. The lowest BCUT2D eigenvalue weighted by atomic mass is 10.0. The van der Waals surface area contributed by atoms with Gasteiger partial charge in [-0.3, -0.25) is 0 Å². The summed E-state index contributed by atoms with van der Waals surface area (Å²) >= 11 is 0. The highest BCUT2D eigenvalue weighted by atomic mass is 16.4. The van der Waals surface area contributed by atoms with Crippen LogP contribution in [0.1, 0.15) is 37.7 Å². The molecule has 3 rings (SSSR count). The summed E-state index contributed by atoms with van der Waals surface area (Å²) in [5.41, 5.74) is 1.84. The van der Waals surface area contributed by atoms with Crippen LogP contribution in [0.2, 0.25) is 0 Å². The Bertz CT molecular complexity index is 645. The summed E-state index contributed by atoms with van der Waals surface area (Å²) in [5, 5.41) is 27.0. The van der Waals surface area contributed by atoms with Gasteiger partial charge in [0.15, 0.2) is 0 Å². The third kappa shape index (κ3) is 6.91. The lowest BCUT2D eigenvalue weighted by molar-refractivity contribution is -0.159. The third-order valence-electron chi connectivity index (χ3n) is 5.23. The highest BCUT2D eigenvalue weighted by Gasteiger charge is 2.35. The number of nitrogens with zero attached hydrogens (tertiary/aromatic N) is 2. The van der Waals surface area contributed by atoms with Crippen LogP contribution in [0.5, 0.6) is 0 Å². The van der Waals surface area contributed by atoms with Gasteiger partial charge in [0.2, 0.25) is 0 Å². The summed E-state index contributed by atoms with van der Waals surface area (Å²) in [4.78, 5) is 20.9. The largest absolute Gasteiger partial charge is 0.473 e. The van der Waals surface area contributed by atoms with Gasteiger partial charge < -0.3 is 20.4 Å². The van der Waals surface area contributed by atoms with Gasteiger partial charge in [0.1, 0.15) is 0 Å². The second kappa shape index (κ2) is 10.5. The van der Waals surface area contributed by atoms with E-state index in [1.165, 1.54) is 51.7 Å². The second-order valence-corrected chi connectivity index (χ2v) is 7.14. The predicted molar refractivity (Wildman–Crippen MR) is 101 cm³/mol. The van der Waals surface area contributed by atoms with Crippen LogP contribution in [0.15, 0.2) is 24.3 Å². The van der Waals surface area contributed by atoms with E-state index in [1.54, 1.807) is 0 Å². The Hall–Kier alpha value is -2.59. The number of nitrogens with one attached hydrogen (secondary N) is 1. The maximum atomic E-state index is 9.10. The van der Waals surface area contributed by atoms with Gasteiger partial charge in [-0.25, -0.2) is 9.59 Å². The molecule has 2 fully saturated rings. The van der Waals surface area contributed by atoms with Crippen molar-refractivity contribution < 1.29 is 19.8 Å². The Morgan fingerprint density at radius 3 is 2.19 bits per heavy atom. The molecule has 1 heterocycles. The smallest absolute Gasteiger partial charge is 0.414 e. The first-order valence-corrected chi connectivity index (χ1v) is 9.42. The summed E-state index contributed by atoms with van der Waals surface area (Å²) in [6.07, 6.45) is 6.91. The molecule has 0 radical (unpaired) electrons. The number of carboxylic acids is 2. The number of unbranched alkanes of at least 4 members (excludes halogenated alkanes) is 1. The van der Waals surface area contributed by atoms with Crippen LogP contribution in [0.4, 0.5) is 5.69 Å². The summed E-state index contributed by atoms with van der Waals surface area (Å²) in [6, 6.07) is 9.85. The van der Waals surface area contributed by atoms with Crippen molar-refractivity contribution in [1.82, 2.24) is 4.90 Å². The maximum Gasteiger partial charge on any atom is 0.414 e. The number of anilines is 1. The summed E-state index contributed by atoms with van der Waals surface area (Å²) < 4.78 is 0. The first kappa shape index (κ1) is 20.7. The summed E-state index contributed by atoms with van der Waals surface area (Å²) in [6.45, 7) is 5.00. The van der Waals surface area contributed by atoms with Crippen molar-refractivity contribution in [3.63, 3.8) is 0 Å². The van der Waals surface area contributed by atoms with Gasteiger partial charge in [-0.15, -0.1) is 0 Å². The molecule has 1 aliphatic heterocycles. The highest BCUT2D eigenvalue weighted by molar-refractivity contribution is 6.27. The number of fused-ring (bicyclic) bond motifs is 1. The maximum absolute atomic E-state index is 9.10. The van der Waals surface area contributed by atoms with Crippen LogP contribution >= 0.6 is 0 Å². The van der Waals surface area contributed by atoms with E-state index >= 15 is 0 Å². The Labute approximate surface area is 159 Å². The number of carboxylic acid groups (broad SMARTS) is 2. The molecule has 1 aliphatic carbocycles. The zero-order valence-electron chi connectivity index (χ0n) is 15.4. The number of hydrogen-bond donors (Lipinski definition) is 3. The van der Waals surface area contributed by atoms with E-state index in [0.717, 1.165) is 29.6 Å². The molecule has 7 heteroatoms. The van der Waals surface area contributed by atoms with Gasteiger partial charge in [-0.1, -0.05) is 6.42 Å². The van der Waals surface area contributed by atoms with E-state index in [4.69, 9.17) is 25.1 Å². The molecular weight excluding hydrogens is 346 g/mol. The molecule has 27 heavy (non-hydrogen) atoms. The number of carbonyl (C=O) groups is 2. The first-order chi connectivity index (χ1) is 13.0. The average molecular weight is 373 g/mol. The predicted octanol–water partition coefficient (Wildman–Crippen LogP) is 2.64. The van der Waals surface area contributed by atoms with Gasteiger partial charge in [0.25, 0.3) is 0 Å². The molecule has 0 bridgehead atoms. The van der Waals surface area contributed by atoms with Crippen LogP contribution in [0.3, 0.4) is 0 Å². The normalized spacial score (nSPS) is 20.9. The molecule has 2 aliphatic rings. The lowest BCUT2D eigenvalue weighted by Crippen LogP contribution is -2.23. The SMILES string of the molecule is N#Cc1ccc(NCCCCN2CC3CCCC3C2)cc1.O=C(O)C(=O)O. The van der Waals surface area contributed by atoms with Gasteiger partial charge in [-0.2, -0.15) is 5.26 Å². The molecule has 2 unspecified atom stereocenters. The third-order valence-corrected chi connectivity index (χ3v) is 5.23. The quantitative estimate of drug-likeness (QED) is 0.519. The summed E-state index contributed by atoms with van der Waals surface area (Å²) in [5.74, 6) is -1.62. The number of nitriles is 1. The molecular formula is C20H27N3O4. The average Bonchev–Trinajstić information content (AvgIpc) is 3.24. The van der Waals surface area contributed by atoms with Crippen LogP contribution < -0.4 is 5.32 Å². The van der Waals surface area contributed by atoms with Crippen molar-refractivity contribution in [2.45, 2.75) is 32.1 Å². The monoisotopic (exact) mass is 373 g/mol. The van der Waals surface area contributed by atoms with Crippen LogP contribution in [-0.4, -0.2) is 53.2 Å². The van der Waals surface area contributed by atoms with E-state index in [0.29, 0.717) is 0 Å². The minimum atomic E-state index is -1.82. The van der Waals surface area contributed by atoms with Gasteiger partial charge in [0.05, 0.1) is 11.6 Å². The Morgan fingerprint density at radius 1 is 1.07 bits per heavy atom. The fourth-order valence-electron chi connectivity index (χ4n) is 3.87. The number of likely N-dealkylation sites (tertiary alicyclic amines) is 1. The molecule has 0 amide bonds. The number of hydrogen-bond acceptors (Lipinski definition) is 5. The second-order valence-electron chi connectivity index (χ2n) is 7.14. The topological polar surface area (TPSA) is 114 Å². The van der Waals surface area contributed by atoms with Crippen LogP contribution in [-0.2, 0) is 9.59 Å². The standard InChI is InChI=1S/C18H25N3.C2H2O4/c19-12-15-6-8-18(9-7-15)20-10-1-2-11-21-13-16-4-3-5-17(16)14-21;3-1(4)2(5)6/h6-9,16-17,20H,1-5,10-11,13-14H2;(H,3,4)(H,5,6). The lowest BCUT2D eigenvalue weighted by Gasteiger charge is -2.16. The Morgan fingerprint density at radius 2 is 1.67 bits per heavy atom. The molecule has 1 saturated heterocycles.